The number of nitrogens with one attached hydrogen (secondary N) is 1. The highest BCUT2D eigenvalue weighted by molar-refractivity contribution is 9.10. The number of fused-ring (bicyclic) bond motifs is 2. The smallest absolute Gasteiger partial charge is 0.0265 e. The zero-order chi connectivity index (χ0) is 14.9. The largest absolute Gasteiger partial charge is 0.311 e. The summed E-state index contributed by atoms with van der Waals surface area (Å²) in [5.74, 6) is 0. The van der Waals surface area contributed by atoms with E-state index in [4.69, 9.17) is 0 Å². The van der Waals surface area contributed by atoms with E-state index in [1.807, 2.05) is 0 Å². The molecule has 2 nitrogen and oxygen atoms in total. The summed E-state index contributed by atoms with van der Waals surface area (Å²) in [7, 11) is 0. The third-order valence-corrected chi connectivity index (χ3v) is 5.42. The highest BCUT2D eigenvalue weighted by Gasteiger charge is 2.31. The summed E-state index contributed by atoms with van der Waals surface area (Å²) in [6.45, 7) is 3.29. The second-order valence-corrected chi connectivity index (χ2v) is 7.41. The normalized spacial score (nSPS) is 24.6. The molecule has 0 saturated carbocycles. The Kier molecular flexibility index (Phi) is 4.03. The predicted molar refractivity (Wildman–Crippen MR) is 94.0 cm³/mol. The molecule has 2 unspecified atom stereocenters. The minimum Gasteiger partial charge on any atom is -0.311 e. The summed E-state index contributed by atoms with van der Waals surface area (Å²) in [5, 5.41) is 3.74. The van der Waals surface area contributed by atoms with Gasteiger partial charge in [0.15, 0.2) is 0 Å². The Morgan fingerprint density at radius 3 is 2.68 bits per heavy atom. The van der Waals surface area contributed by atoms with Gasteiger partial charge in [0.1, 0.15) is 0 Å². The zero-order valence-electron chi connectivity index (χ0n) is 12.6. The predicted octanol–water partition coefficient (Wildman–Crippen LogP) is 3.39. The first-order valence-corrected chi connectivity index (χ1v) is 8.86. The lowest BCUT2D eigenvalue weighted by atomic mass is 9.89. The molecule has 0 aliphatic carbocycles. The van der Waals surface area contributed by atoms with Gasteiger partial charge in [0.2, 0.25) is 0 Å². The van der Waals surface area contributed by atoms with Gasteiger partial charge in [-0.05, 0) is 41.7 Å². The molecule has 2 aromatic carbocycles. The molecule has 0 aromatic heterocycles. The first-order chi connectivity index (χ1) is 10.8. The summed E-state index contributed by atoms with van der Waals surface area (Å²) in [5.41, 5.74) is 4.47. The van der Waals surface area contributed by atoms with Crippen LogP contribution in [0.4, 0.5) is 0 Å². The van der Waals surface area contributed by atoms with E-state index in [0.717, 1.165) is 32.5 Å². The summed E-state index contributed by atoms with van der Waals surface area (Å²) in [6.07, 6.45) is 2.31. The van der Waals surface area contributed by atoms with E-state index in [1.54, 1.807) is 0 Å². The fourth-order valence-electron chi connectivity index (χ4n) is 3.81. The van der Waals surface area contributed by atoms with Crippen molar-refractivity contribution in [2.45, 2.75) is 31.5 Å². The maximum absolute atomic E-state index is 3.74. The summed E-state index contributed by atoms with van der Waals surface area (Å²) >= 11 is 3.59. The van der Waals surface area contributed by atoms with Gasteiger partial charge in [0.25, 0.3) is 0 Å². The highest BCUT2D eigenvalue weighted by atomic mass is 79.9. The standard InChI is InChI=1S/C19H21BrN2/c20-17-7-3-4-14(8-17)12-22-13-18-9-15-5-1-2-6-16(15)10-19(22)11-21-18/h1-8,18-19,21H,9-13H2. The average Bonchev–Trinajstić information content (AvgIpc) is 2.48. The third-order valence-electron chi connectivity index (χ3n) is 4.93. The summed E-state index contributed by atoms with van der Waals surface area (Å²) in [6, 6.07) is 18.8. The van der Waals surface area contributed by atoms with Gasteiger partial charge in [-0.3, -0.25) is 4.90 Å². The molecule has 5 rings (SSSR count). The first kappa shape index (κ1) is 14.4. The van der Waals surface area contributed by atoms with E-state index in [1.165, 1.54) is 21.2 Å². The van der Waals surface area contributed by atoms with Crippen molar-refractivity contribution in [2.75, 3.05) is 13.1 Å². The number of piperazine rings is 1. The van der Waals surface area contributed by atoms with Crippen LogP contribution < -0.4 is 5.32 Å². The molecule has 0 radical (unpaired) electrons. The van der Waals surface area contributed by atoms with Crippen LogP contribution in [0.25, 0.3) is 0 Å². The molecule has 2 aromatic rings. The molecular weight excluding hydrogens is 336 g/mol. The second-order valence-electron chi connectivity index (χ2n) is 6.50. The van der Waals surface area contributed by atoms with Gasteiger partial charge in [-0.1, -0.05) is 52.3 Å². The molecular formula is C19H21BrN2. The van der Waals surface area contributed by atoms with Crippen LogP contribution in [0, 0.1) is 0 Å². The van der Waals surface area contributed by atoms with E-state index in [9.17, 15) is 0 Å². The molecule has 0 amide bonds. The molecule has 22 heavy (non-hydrogen) atoms. The van der Waals surface area contributed by atoms with Crippen LogP contribution in [0.1, 0.15) is 16.7 Å². The topological polar surface area (TPSA) is 15.3 Å². The van der Waals surface area contributed by atoms with E-state index in [2.05, 4.69) is 74.7 Å². The third kappa shape index (κ3) is 2.98. The Balaban J connectivity index is 1.58. The van der Waals surface area contributed by atoms with Crippen LogP contribution >= 0.6 is 15.9 Å². The molecule has 2 atom stereocenters. The number of hydrogen-bond acceptors (Lipinski definition) is 2. The van der Waals surface area contributed by atoms with E-state index < -0.39 is 0 Å². The van der Waals surface area contributed by atoms with Crippen LogP contribution in [0.15, 0.2) is 53.0 Å². The van der Waals surface area contributed by atoms with E-state index >= 15 is 0 Å². The molecule has 1 N–H and O–H groups in total. The van der Waals surface area contributed by atoms with Crippen molar-refractivity contribution >= 4 is 15.9 Å². The van der Waals surface area contributed by atoms with Crippen LogP contribution in [-0.4, -0.2) is 30.1 Å². The van der Waals surface area contributed by atoms with Gasteiger partial charge in [-0.25, -0.2) is 0 Å². The monoisotopic (exact) mass is 356 g/mol. The van der Waals surface area contributed by atoms with Gasteiger partial charge in [-0.2, -0.15) is 0 Å². The van der Waals surface area contributed by atoms with Gasteiger partial charge in [0, 0.05) is 36.2 Å². The number of rotatable bonds is 2. The van der Waals surface area contributed by atoms with Crippen molar-refractivity contribution in [3.8, 4) is 0 Å². The lowest BCUT2D eigenvalue weighted by molar-refractivity contribution is 0.116. The fourth-order valence-corrected chi connectivity index (χ4v) is 4.25. The molecule has 3 aliphatic heterocycles. The van der Waals surface area contributed by atoms with E-state index in [-0.39, 0.29) is 0 Å². The van der Waals surface area contributed by atoms with Crippen LogP contribution in [0.2, 0.25) is 0 Å². The molecule has 0 spiro atoms. The Bertz CT molecular complexity index is 670. The lowest BCUT2D eigenvalue weighted by Gasteiger charge is -2.43. The quantitative estimate of drug-likeness (QED) is 0.887. The number of benzene rings is 2. The minimum absolute atomic E-state index is 0.574. The Morgan fingerprint density at radius 1 is 1.05 bits per heavy atom. The molecule has 3 heteroatoms. The van der Waals surface area contributed by atoms with Crippen molar-refractivity contribution in [3.05, 3.63) is 69.7 Å². The SMILES string of the molecule is Brc1cccc(CN2CC3Cc4ccccc4CC2CN3)c1. The van der Waals surface area contributed by atoms with Gasteiger partial charge in [-0.15, -0.1) is 0 Å². The van der Waals surface area contributed by atoms with Crippen molar-refractivity contribution in [1.29, 1.82) is 0 Å². The Hall–Kier alpha value is -1.16. The highest BCUT2D eigenvalue weighted by Crippen LogP contribution is 2.24. The fraction of sp³-hybridized carbons (Fsp3) is 0.368. The maximum atomic E-state index is 3.74. The van der Waals surface area contributed by atoms with Crippen LogP contribution in [0.5, 0.6) is 0 Å². The van der Waals surface area contributed by atoms with Gasteiger partial charge >= 0.3 is 0 Å². The molecule has 1 fully saturated rings. The summed E-state index contributed by atoms with van der Waals surface area (Å²) in [4.78, 5) is 2.67. The maximum Gasteiger partial charge on any atom is 0.0265 e. The zero-order valence-corrected chi connectivity index (χ0v) is 14.2. The van der Waals surface area contributed by atoms with Crippen molar-refractivity contribution < 1.29 is 0 Å². The molecule has 2 bridgehead atoms. The number of hydrogen-bond donors (Lipinski definition) is 1. The van der Waals surface area contributed by atoms with Crippen molar-refractivity contribution in [3.63, 3.8) is 0 Å². The molecule has 3 aliphatic rings. The molecule has 114 valence electrons. The van der Waals surface area contributed by atoms with Crippen molar-refractivity contribution in [1.82, 2.24) is 10.2 Å². The molecule has 1 saturated heterocycles. The number of halogens is 1. The van der Waals surface area contributed by atoms with E-state index in [0.29, 0.717) is 12.1 Å². The lowest BCUT2D eigenvalue weighted by Crippen LogP contribution is -2.58. The summed E-state index contributed by atoms with van der Waals surface area (Å²) < 4.78 is 1.17. The van der Waals surface area contributed by atoms with Crippen LogP contribution in [0.3, 0.4) is 0 Å². The van der Waals surface area contributed by atoms with Gasteiger partial charge in [0.05, 0.1) is 0 Å². The molecule has 3 heterocycles. The van der Waals surface area contributed by atoms with Crippen LogP contribution in [-0.2, 0) is 19.4 Å². The first-order valence-electron chi connectivity index (χ1n) is 8.06. The average molecular weight is 357 g/mol. The second kappa shape index (κ2) is 6.15. The van der Waals surface area contributed by atoms with Crippen molar-refractivity contribution in [2.24, 2.45) is 0 Å². The Morgan fingerprint density at radius 2 is 1.86 bits per heavy atom. The van der Waals surface area contributed by atoms with Gasteiger partial charge < -0.3 is 5.32 Å². The Labute approximate surface area is 140 Å². The number of nitrogens with zero attached hydrogens (tertiary/aromatic N) is 1. The minimum atomic E-state index is 0.574.